The highest BCUT2D eigenvalue weighted by atomic mass is 16.3. The van der Waals surface area contributed by atoms with Crippen molar-refractivity contribution >= 4 is 5.78 Å². The Bertz CT molecular complexity index is 808. The van der Waals surface area contributed by atoms with Gasteiger partial charge in [-0.2, -0.15) is 0 Å². The molecular formula is C23H22O2. The van der Waals surface area contributed by atoms with Crippen molar-refractivity contribution < 1.29 is 9.90 Å². The van der Waals surface area contributed by atoms with E-state index in [1.807, 2.05) is 48.5 Å². The second kappa shape index (κ2) is 7.80. The number of hydrogen-bond donors (Lipinski definition) is 1. The SMILES string of the molecule is CCC(c1ccccc1)C(C(=O)c1ccc(O)cc1)c1ccccc1. The molecule has 1 N–H and O–H groups in total. The molecule has 0 aromatic heterocycles. The second-order valence-corrected chi connectivity index (χ2v) is 6.22. The lowest BCUT2D eigenvalue weighted by atomic mass is 9.76. The number of Topliss-reactive ketones (excluding diaryl/α,β-unsaturated/α-hetero) is 1. The molecule has 25 heavy (non-hydrogen) atoms. The van der Waals surface area contributed by atoms with Gasteiger partial charge >= 0.3 is 0 Å². The number of ketones is 1. The van der Waals surface area contributed by atoms with E-state index in [1.54, 1.807) is 24.3 Å². The van der Waals surface area contributed by atoms with Crippen LogP contribution >= 0.6 is 0 Å². The maximum atomic E-state index is 13.3. The molecule has 3 aromatic carbocycles. The molecule has 0 heterocycles. The highest BCUT2D eigenvalue weighted by molar-refractivity contribution is 6.01. The minimum absolute atomic E-state index is 0.0851. The minimum atomic E-state index is -0.252. The van der Waals surface area contributed by atoms with Gasteiger partial charge in [-0.3, -0.25) is 4.79 Å². The molecule has 0 radical (unpaired) electrons. The van der Waals surface area contributed by atoms with Gasteiger partial charge in [-0.05, 0) is 47.7 Å². The van der Waals surface area contributed by atoms with Crippen LogP contribution in [0.15, 0.2) is 84.9 Å². The van der Waals surface area contributed by atoms with Crippen LogP contribution in [0.4, 0.5) is 0 Å². The number of aromatic hydroxyl groups is 1. The van der Waals surface area contributed by atoms with Crippen LogP contribution in [-0.2, 0) is 0 Å². The lowest BCUT2D eigenvalue weighted by molar-refractivity contribution is 0.0945. The Morgan fingerprint density at radius 2 is 1.32 bits per heavy atom. The summed E-state index contributed by atoms with van der Waals surface area (Å²) in [5.74, 6) is 0.105. The average molecular weight is 330 g/mol. The van der Waals surface area contributed by atoms with E-state index in [-0.39, 0.29) is 23.4 Å². The number of carbonyl (C=O) groups is 1. The van der Waals surface area contributed by atoms with Crippen LogP contribution in [0.2, 0.25) is 0 Å². The highest BCUT2D eigenvalue weighted by Crippen LogP contribution is 2.38. The van der Waals surface area contributed by atoms with Crippen LogP contribution in [0.3, 0.4) is 0 Å². The zero-order valence-electron chi connectivity index (χ0n) is 14.3. The van der Waals surface area contributed by atoms with Crippen LogP contribution in [0.25, 0.3) is 0 Å². The Hall–Kier alpha value is -2.87. The molecule has 0 saturated carbocycles. The van der Waals surface area contributed by atoms with Gasteiger partial charge in [0, 0.05) is 5.56 Å². The number of rotatable bonds is 6. The van der Waals surface area contributed by atoms with Crippen LogP contribution in [0.1, 0.15) is 46.7 Å². The summed E-state index contributed by atoms with van der Waals surface area (Å²) in [6.45, 7) is 2.12. The third-order valence-electron chi connectivity index (χ3n) is 4.66. The first-order chi connectivity index (χ1) is 12.2. The molecule has 2 atom stereocenters. The van der Waals surface area contributed by atoms with Gasteiger partial charge in [-0.25, -0.2) is 0 Å². The number of phenols is 1. The van der Waals surface area contributed by atoms with Crippen LogP contribution < -0.4 is 0 Å². The zero-order valence-corrected chi connectivity index (χ0v) is 14.3. The van der Waals surface area contributed by atoms with E-state index in [0.29, 0.717) is 5.56 Å². The van der Waals surface area contributed by atoms with E-state index in [0.717, 1.165) is 12.0 Å². The van der Waals surface area contributed by atoms with E-state index < -0.39 is 0 Å². The summed E-state index contributed by atoms with van der Waals surface area (Å²) in [6.07, 6.45) is 0.868. The largest absolute Gasteiger partial charge is 0.508 e. The van der Waals surface area contributed by atoms with Crippen LogP contribution in [-0.4, -0.2) is 10.9 Å². The van der Waals surface area contributed by atoms with E-state index in [1.165, 1.54) is 5.56 Å². The van der Waals surface area contributed by atoms with E-state index in [2.05, 4.69) is 19.1 Å². The molecule has 3 aromatic rings. The van der Waals surface area contributed by atoms with E-state index in [4.69, 9.17) is 0 Å². The zero-order chi connectivity index (χ0) is 17.6. The van der Waals surface area contributed by atoms with E-state index >= 15 is 0 Å². The molecule has 126 valence electrons. The molecule has 0 aliphatic rings. The molecule has 3 rings (SSSR count). The van der Waals surface area contributed by atoms with Gasteiger partial charge in [0.15, 0.2) is 5.78 Å². The predicted octanol–water partition coefficient (Wildman–Crippen LogP) is 5.55. The summed E-state index contributed by atoms with van der Waals surface area (Å²) < 4.78 is 0. The first-order valence-electron chi connectivity index (χ1n) is 8.64. The van der Waals surface area contributed by atoms with E-state index in [9.17, 15) is 9.90 Å². The van der Waals surface area contributed by atoms with Gasteiger partial charge in [0.2, 0.25) is 0 Å². The molecule has 2 nitrogen and oxygen atoms in total. The Morgan fingerprint density at radius 3 is 1.84 bits per heavy atom. The van der Waals surface area contributed by atoms with Gasteiger partial charge in [-0.15, -0.1) is 0 Å². The van der Waals surface area contributed by atoms with Crippen molar-refractivity contribution in [1.82, 2.24) is 0 Å². The molecule has 0 bridgehead atoms. The standard InChI is InChI=1S/C23H22O2/c1-2-21(17-9-5-3-6-10-17)22(18-11-7-4-8-12-18)23(25)19-13-15-20(24)16-14-19/h3-16,21-22,24H,2H2,1H3. The summed E-state index contributed by atoms with van der Waals surface area (Å²) in [5.41, 5.74) is 2.82. The summed E-state index contributed by atoms with van der Waals surface area (Å²) in [7, 11) is 0. The van der Waals surface area contributed by atoms with Crippen molar-refractivity contribution in [1.29, 1.82) is 0 Å². The summed E-state index contributed by atoms with van der Waals surface area (Å²) in [5, 5.41) is 9.52. The Balaban J connectivity index is 2.06. The Labute approximate surface area is 148 Å². The van der Waals surface area contributed by atoms with Gasteiger partial charge in [0.25, 0.3) is 0 Å². The lowest BCUT2D eigenvalue weighted by Crippen LogP contribution is -2.20. The molecule has 0 saturated heterocycles. The topological polar surface area (TPSA) is 37.3 Å². The fraction of sp³-hybridized carbons (Fsp3) is 0.174. The Morgan fingerprint density at radius 1 is 0.800 bits per heavy atom. The molecular weight excluding hydrogens is 308 g/mol. The molecule has 0 fully saturated rings. The molecule has 0 amide bonds. The number of hydrogen-bond acceptors (Lipinski definition) is 2. The van der Waals surface area contributed by atoms with Crippen LogP contribution in [0.5, 0.6) is 5.75 Å². The number of phenolic OH excluding ortho intramolecular Hbond substituents is 1. The van der Waals surface area contributed by atoms with Crippen LogP contribution in [0, 0.1) is 0 Å². The lowest BCUT2D eigenvalue weighted by Gasteiger charge is -2.26. The normalized spacial score (nSPS) is 13.2. The smallest absolute Gasteiger partial charge is 0.170 e. The maximum absolute atomic E-state index is 13.3. The van der Waals surface area contributed by atoms with Crippen molar-refractivity contribution in [3.8, 4) is 5.75 Å². The van der Waals surface area contributed by atoms with Crippen molar-refractivity contribution in [2.45, 2.75) is 25.2 Å². The summed E-state index contributed by atoms with van der Waals surface area (Å²) in [6, 6.07) is 26.7. The molecule has 2 unspecified atom stereocenters. The fourth-order valence-electron chi connectivity index (χ4n) is 3.40. The quantitative estimate of drug-likeness (QED) is 0.601. The first-order valence-corrected chi connectivity index (χ1v) is 8.64. The minimum Gasteiger partial charge on any atom is -0.508 e. The van der Waals surface area contributed by atoms with Gasteiger partial charge in [-0.1, -0.05) is 67.6 Å². The van der Waals surface area contributed by atoms with Crippen molar-refractivity contribution in [2.75, 3.05) is 0 Å². The molecule has 0 aliphatic carbocycles. The number of benzene rings is 3. The maximum Gasteiger partial charge on any atom is 0.170 e. The van der Waals surface area contributed by atoms with Gasteiger partial charge < -0.3 is 5.11 Å². The fourth-order valence-corrected chi connectivity index (χ4v) is 3.40. The Kier molecular flexibility index (Phi) is 5.30. The van der Waals surface area contributed by atoms with Crippen molar-refractivity contribution in [3.05, 3.63) is 102 Å². The van der Waals surface area contributed by atoms with Gasteiger partial charge in [0.05, 0.1) is 5.92 Å². The average Bonchev–Trinajstić information content (AvgIpc) is 2.67. The molecule has 0 spiro atoms. The molecule has 2 heteroatoms. The highest BCUT2D eigenvalue weighted by Gasteiger charge is 2.30. The third-order valence-corrected chi connectivity index (χ3v) is 4.66. The third kappa shape index (κ3) is 3.80. The monoisotopic (exact) mass is 330 g/mol. The number of carbonyl (C=O) groups excluding carboxylic acids is 1. The summed E-state index contributed by atoms with van der Waals surface area (Å²) in [4.78, 5) is 13.3. The van der Waals surface area contributed by atoms with Gasteiger partial charge in [0.1, 0.15) is 5.75 Å². The predicted molar refractivity (Wildman–Crippen MR) is 101 cm³/mol. The first kappa shape index (κ1) is 17.0. The summed E-state index contributed by atoms with van der Waals surface area (Å²) >= 11 is 0. The second-order valence-electron chi connectivity index (χ2n) is 6.22. The van der Waals surface area contributed by atoms with Crippen molar-refractivity contribution in [3.63, 3.8) is 0 Å². The molecule has 0 aliphatic heterocycles. The van der Waals surface area contributed by atoms with Crippen molar-refractivity contribution in [2.24, 2.45) is 0 Å².